The van der Waals surface area contributed by atoms with Gasteiger partial charge in [-0.1, -0.05) is 12.1 Å². The maximum atomic E-state index is 14.2. The van der Waals surface area contributed by atoms with E-state index in [0.717, 1.165) is 18.3 Å². The van der Waals surface area contributed by atoms with Gasteiger partial charge in [0.05, 0.1) is 30.9 Å². The number of morpholine rings is 1. The first-order chi connectivity index (χ1) is 15.3. The van der Waals surface area contributed by atoms with Crippen LogP contribution in [-0.4, -0.2) is 70.8 Å². The van der Waals surface area contributed by atoms with Crippen LogP contribution in [0.4, 0.5) is 17.6 Å². The molecule has 3 heterocycles. The number of carbonyl (C=O) groups excluding carboxylic acids is 2. The van der Waals surface area contributed by atoms with Crippen LogP contribution in [0.15, 0.2) is 30.5 Å². The first-order valence-electron chi connectivity index (χ1n) is 10.3. The Bertz CT molecular complexity index is 1000. The molecule has 1 atom stereocenters. The van der Waals surface area contributed by atoms with Crippen molar-refractivity contribution in [1.82, 2.24) is 19.6 Å². The first kappa shape index (κ1) is 22.3. The number of halogens is 4. The number of piperidine rings is 1. The number of hydrogen-bond donors (Lipinski definition) is 0. The average Bonchev–Trinajstić information content (AvgIpc) is 3.25. The topological polar surface area (TPSA) is 67.7 Å². The first-order valence-corrected chi connectivity index (χ1v) is 10.3. The van der Waals surface area contributed by atoms with Crippen LogP contribution in [-0.2, 0) is 15.7 Å². The predicted molar refractivity (Wildman–Crippen MR) is 105 cm³/mol. The molecule has 11 heteroatoms. The molecule has 2 aliphatic rings. The number of likely N-dealkylation sites (tertiary alicyclic amines) is 1. The van der Waals surface area contributed by atoms with Gasteiger partial charge < -0.3 is 14.5 Å². The highest BCUT2D eigenvalue weighted by atomic mass is 19.4. The lowest BCUT2D eigenvalue weighted by atomic mass is 9.95. The highest BCUT2D eigenvalue weighted by Crippen LogP contribution is 2.35. The molecule has 172 valence electrons. The minimum atomic E-state index is -4.94. The Balaban J connectivity index is 1.60. The van der Waals surface area contributed by atoms with E-state index in [2.05, 4.69) is 5.10 Å². The molecule has 2 fully saturated rings. The molecular weight excluding hydrogens is 432 g/mol. The van der Waals surface area contributed by atoms with Crippen molar-refractivity contribution >= 4 is 11.8 Å². The van der Waals surface area contributed by atoms with Gasteiger partial charge in [0.2, 0.25) is 5.91 Å². The Morgan fingerprint density at radius 1 is 1.06 bits per heavy atom. The Morgan fingerprint density at radius 2 is 1.78 bits per heavy atom. The summed E-state index contributed by atoms with van der Waals surface area (Å²) in [5.74, 6) is -2.38. The average molecular weight is 454 g/mol. The van der Waals surface area contributed by atoms with Crippen LogP contribution in [0.2, 0.25) is 0 Å². The van der Waals surface area contributed by atoms with Gasteiger partial charge in [-0.05, 0) is 25.0 Å². The fourth-order valence-electron chi connectivity index (χ4n) is 4.16. The van der Waals surface area contributed by atoms with Gasteiger partial charge in [-0.25, -0.2) is 9.07 Å². The summed E-state index contributed by atoms with van der Waals surface area (Å²) in [5, 5.41) is 3.68. The predicted octanol–water partition coefficient (Wildman–Crippen LogP) is 2.74. The molecule has 0 saturated carbocycles. The molecule has 1 aromatic heterocycles. The van der Waals surface area contributed by atoms with Crippen LogP contribution >= 0.6 is 0 Å². The van der Waals surface area contributed by atoms with E-state index in [1.54, 1.807) is 4.90 Å². The minimum absolute atomic E-state index is 0.0250. The summed E-state index contributed by atoms with van der Waals surface area (Å²) < 4.78 is 61.5. The number of carbonyl (C=O) groups is 2. The highest BCUT2D eigenvalue weighted by molar-refractivity contribution is 5.96. The molecule has 0 aliphatic carbocycles. The van der Waals surface area contributed by atoms with E-state index in [4.69, 9.17) is 4.74 Å². The molecule has 4 rings (SSSR count). The van der Waals surface area contributed by atoms with Gasteiger partial charge in [0.25, 0.3) is 5.91 Å². The smallest absolute Gasteiger partial charge is 0.378 e. The highest BCUT2D eigenvalue weighted by Gasteiger charge is 2.42. The number of hydrogen-bond acceptors (Lipinski definition) is 4. The molecule has 1 unspecified atom stereocenters. The van der Waals surface area contributed by atoms with Gasteiger partial charge in [0.15, 0.2) is 5.69 Å². The third-order valence-electron chi connectivity index (χ3n) is 5.73. The summed E-state index contributed by atoms with van der Waals surface area (Å²) in [7, 11) is 0. The molecule has 2 aliphatic heterocycles. The quantitative estimate of drug-likeness (QED) is 0.669. The molecule has 2 amide bonds. The number of amides is 2. The van der Waals surface area contributed by atoms with Crippen LogP contribution in [0.5, 0.6) is 0 Å². The standard InChI is InChI=1S/C21H22F4N4O3/c22-16-5-1-2-6-17(16)29-18(21(23,24)25)15(12-26-29)20(31)28-7-3-4-14(13-28)19(30)27-8-10-32-11-9-27/h1-2,5-6,12,14H,3-4,7-11,13H2. The maximum Gasteiger partial charge on any atom is 0.434 e. The summed E-state index contributed by atoms with van der Waals surface area (Å²) in [4.78, 5) is 28.8. The number of nitrogens with zero attached hydrogens (tertiary/aromatic N) is 4. The molecule has 0 N–H and O–H groups in total. The van der Waals surface area contributed by atoms with E-state index in [-0.39, 0.29) is 19.0 Å². The van der Waals surface area contributed by atoms with Gasteiger partial charge in [0, 0.05) is 26.2 Å². The second-order valence-electron chi connectivity index (χ2n) is 7.80. The molecule has 0 radical (unpaired) electrons. The van der Waals surface area contributed by atoms with Gasteiger partial charge in [0.1, 0.15) is 11.5 Å². The SMILES string of the molecule is O=C(c1cnn(-c2ccccc2F)c1C(F)(F)F)N1CCCC(C(=O)N2CCOCC2)C1. The lowest BCUT2D eigenvalue weighted by molar-refractivity contribution is -0.143. The second-order valence-corrected chi connectivity index (χ2v) is 7.80. The van der Waals surface area contributed by atoms with Crippen LogP contribution < -0.4 is 0 Å². The zero-order chi connectivity index (χ0) is 22.9. The molecular formula is C21H22F4N4O3. The van der Waals surface area contributed by atoms with Crippen LogP contribution in [0.3, 0.4) is 0 Å². The Morgan fingerprint density at radius 3 is 2.47 bits per heavy atom. The van der Waals surface area contributed by atoms with Crippen LogP contribution in [0.25, 0.3) is 5.69 Å². The van der Waals surface area contributed by atoms with Gasteiger partial charge >= 0.3 is 6.18 Å². The van der Waals surface area contributed by atoms with E-state index in [9.17, 15) is 27.2 Å². The number of aromatic nitrogens is 2. The Hall–Kier alpha value is -2.95. The number of ether oxygens (including phenoxy) is 1. The third-order valence-corrected chi connectivity index (χ3v) is 5.73. The summed E-state index contributed by atoms with van der Waals surface area (Å²) in [6, 6.07) is 4.91. The minimum Gasteiger partial charge on any atom is -0.378 e. The molecule has 2 saturated heterocycles. The molecule has 0 bridgehead atoms. The molecule has 32 heavy (non-hydrogen) atoms. The van der Waals surface area contributed by atoms with E-state index in [0.29, 0.717) is 43.8 Å². The lowest BCUT2D eigenvalue weighted by Crippen LogP contribution is -2.49. The second kappa shape index (κ2) is 8.89. The Labute approximate surface area is 181 Å². The fraction of sp³-hybridized carbons (Fsp3) is 0.476. The molecule has 0 spiro atoms. The van der Waals surface area contributed by atoms with Crippen molar-refractivity contribution in [1.29, 1.82) is 0 Å². The Kier molecular flexibility index (Phi) is 6.18. The number of para-hydroxylation sites is 1. The van der Waals surface area contributed by atoms with Crippen LogP contribution in [0, 0.1) is 11.7 Å². The van der Waals surface area contributed by atoms with Crippen molar-refractivity contribution < 1.29 is 31.9 Å². The van der Waals surface area contributed by atoms with E-state index in [1.165, 1.54) is 17.0 Å². The van der Waals surface area contributed by atoms with Crippen molar-refractivity contribution in [2.24, 2.45) is 5.92 Å². The van der Waals surface area contributed by atoms with Crippen molar-refractivity contribution in [3.63, 3.8) is 0 Å². The summed E-state index contributed by atoms with van der Waals surface area (Å²) in [6.07, 6.45) is -3.08. The zero-order valence-corrected chi connectivity index (χ0v) is 17.1. The number of alkyl halides is 3. The van der Waals surface area contributed by atoms with E-state index >= 15 is 0 Å². The van der Waals surface area contributed by atoms with Crippen molar-refractivity contribution in [2.45, 2.75) is 19.0 Å². The molecule has 1 aromatic carbocycles. The van der Waals surface area contributed by atoms with Gasteiger partial charge in [-0.15, -0.1) is 0 Å². The number of rotatable bonds is 3. The van der Waals surface area contributed by atoms with Gasteiger partial charge in [-0.3, -0.25) is 9.59 Å². The van der Waals surface area contributed by atoms with Crippen molar-refractivity contribution in [2.75, 3.05) is 39.4 Å². The number of benzene rings is 1. The van der Waals surface area contributed by atoms with Crippen LogP contribution in [0.1, 0.15) is 28.9 Å². The normalized spacial score (nSPS) is 19.8. The van der Waals surface area contributed by atoms with Gasteiger partial charge in [-0.2, -0.15) is 18.3 Å². The summed E-state index contributed by atoms with van der Waals surface area (Å²) in [5.41, 5.74) is -2.41. The zero-order valence-electron chi connectivity index (χ0n) is 17.1. The molecule has 7 nitrogen and oxygen atoms in total. The van der Waals surface area contributed by atoms with Crippen molar-refractivity contribution in [3.8, 4) is 5.69 Å². The van der Waals surface area contributed by atoms with Crippen molar-refractivity contribution in [3.05, 3.63) is 47.5 Å². The maximum absolute atomic E-state index is 14.2. The lowest BCUT2D eigenvalue weighted by Gasteiger charge is -2.36. The van der Waals surface area contributed by atoms with E-state index < -0.39 is 40.8 Å². The third kappa shape index (κ3) is 4.34. The fourth-order valence-corrected chi connectivity index (χ4v) is 4.16. The largest absolute Gasteiger partial charge is 0.434 e. The van der Waals surface area contributed by atoms with E-state index in [1.807, 2.05) is 0 Å². The summed E-state index contributed by atoms with van der Waals surface area (Å²) in [6.45, 7) is 2.04. The monoisotopic (exact) mass is 454 g/mol. The summed E-state index contributed by atoms with van der Waals surface area (Å²) >= 11 is 0. The molecule has 2 aromatic rings.